The van der Waals surface area contributed by atoms with Crippen molar-refractivity contribution in [3.8, 4) is 0 Å². The zero-order chi connectivity index (χ0) is 39.9. The fraction of sp³-hybridized carbons (Fsp3) is 0.690. The Bertz CT molecular complexity index is 1590. The normalized spacial score (nSPS) is 40.4. The highest BCUT2D eigenvalue weighted by atomic mass is 16.7. The monoisotopic (exact) mass is 756 g/mol. The van der Waals surface area contributed by atoms with Gasteiger partial charge in [-0.2, -0.15) is 0 Å². The SMILES string of the molecule is C/C=C(\C)[C@H]1O[C@@]2(C[C@@H]3C[C@@H](CC=C(C)C(OC(=O)C(C)C)[C@@H](C)C=CC=C4CO[C@@H]5[C@H](O)C(C)=CC(C(=O)O3)[C@]45O)O2)[C@H](O)C(OC(=O)C(C)C)[C@@H]1C. The van der Waals surface area contributed by atoms with Gasteiger partial charge in [-0.25, -0.2) is 0 Å². The summed E-state index contributed by atoms with van der Waals surface area (Å²) in [4.78, 5) is 40.3. The zero-order valence-corrected chi connectivity index (χ0v) is 33.3. The van der Waals surface area contributed by atoms with Gasteiger partial charge in [0.1, 0.15) is 48.1 Å². The molecular formula is C42H60O12. The molecule has 300 valence electrons. The lowest BCUT2D eigenvalue weighted by Crippen LogP contribution is -2.67. The van der Waals surface area contributed by atoms with Gasteiger partial charge in [-0.05, 0) is 56.4 Å². The Morgan fingerprint density at radius 1 is 1.00 bits per heavy atom. The quantitative estimate of drug-likeness (QED) is 0.200. The molecule has 4 aliphatic heterocycles. The van der Waals surface area contributed by atoms with E-state index in [2.05, 4.69) is 0 Å². The standard InChI is InChI=1S/C42H60O12/c1-11-23(6)34-27(10)35(52-39(46)22(4)5)36(44)41(54-34)19-30-18-29(53-41)16-15-25(8)33(51-38(45)21(2)3)24(7)13-12-14-28-20-49-37-32(43)26(9)17-31(40(47)50-30)42(28,37)48/h11-15,17,21-22,24,27,29-37,43-44,48H,16,18-20H2,1-10H3/b13-12?,23-11+,25-15?,28-14?/t24-,27+,29+,30-,31?,32+,33?,34+,35?,36+,37+,41-,42+/m0/s1. The summed E-state index contributed by atoms with van der Waals surface area (Å²) in [6, 6.07) is 0. The highest BCUT2D eigenvalue weighted by molar-refractivity contribution is 5.78. The molecule has 0 aromatic rings. The molecule has 0 amide bonds. The molecule has 12 heteroatoms. The molecule has 1 spiro atoms. The maximum absolute atomic E-state index is 14.3. The summed E-state index contributed by atoms with van der Waals surface area (Å²) < 4.78 is 37.7. The van der Waals surface area contributed by atoms with E-state index in [1.54, 1.807) is 46.8 Å². The van der Waals surface area contributed by atoms with E-state index in [4.69, 9.17) is 28.4 Å². The molecule has 12 nitrogen and oxygen atoms in total. The first-order valence-electron chi connectivity index (χ1n) is 19.4. The average molecular weight is 757 g/mol. The Kier molecular flexibility index (Phi) is 12.9. The van der Waals surface area contributed by atoms with Crippen LogP contribution in [0.15, 0.2) is 58.7 Å². The average Bonchev–Trinajstić information content (AvgIpc) is 3.46. The van der Waals surface area contributed by atoms with Crippen molar-refractivity contribution >= 4 is 17.9 Å². The predicted octanol–water partition coefficient (Wildman–Crippen LogP) is 4.81. The smallest absolute Gasteiger partial charge is 0.316 e. The van der Waals surface area contributed by atoms with E-state index in [9.17, 15) is 29.7 Å². The zero-order valence-electron chi connectivity index (χ0n) is 33.3. The molecule has 1 aliphatic carbocycles. The Hall–Kier alpha value is -3.13. The molecule has 3 unspecified atom stereocenters. The molecule has 54 heavy (non-hydrogen) atoms. The molecule has 5 rings (SSSR count). The third-order valence-electron chi connectivity index (χ3n) is 11.7. The van der Waals surface area contributed by atoms with Crippen LogP contribution in [0.5, 0.6) is 0 Å². The van der Waals surface area contributed by atoms with Gasteiger partial charge in [-0.3, -0.25) is 14.4 Å². The minimum absolute atomic E-state index is 0.0324. The number of allylic oxidation sites excluding steroid dienone is 3. The number of carbonyl (C=O) groups excluding carboxylic acids is 3. The molecule has 0 aromatic heterocycles. The number of carbonyl (C=O) groups is 3. The minimum atomic E-state index is -1.93. The number of aliphatic hydroxyl groups is 3. The van der Waals surface area contributed by atoms with E-state index in [1.807, 2.05) is 52.8 Å². The Balaban J connectivity index is 1.63. The lowest BCUT2D eigenvalue weighted by Gasteiger charge is -2.54. The van der Waals surface area contributed by atoms with Gasteiger partial charge in [-0.1, -0.05) is 78.0 Å². The Morgan fingerprint density at radius 2 is 1.67 bits per heavy atom. The number of esters is 3. The van der Waals surface area contributed by atoms with Crippen LogP contribution in [0, 0.1) is 29.6 Å². The lowest BCUT2D eigenvalue weighted by atomic mass is 9.71. The van der Waals surface area contributed by atoms with Crippen LogP contribution in [-0.4, -0.2) is 100 Å². The molecule has 0 radical (unpaired) electrons. The summed E-state index contributed by atoms with van der Waals surface area (Å²) in [5.74, 6) is -6.13. The molecule has 2 bridgehead atoms. The molecule has 13 atom stereocenters. The fourth-order valence-corrected chi connectivity index (χ4v) is 8.25. The van der Waals surface area contributed by atoms with Crippen LogP contribution < -0.4 is 0 Å². The van der Waals surface area contributed by atoms with Gasteiger partial charge in [0.2, 0.25) is 5.79 Å². The second-order valence-corrected chi connectivity index (χ2v) is 16.5. The first kappa shape index (κ1) is 42.0. The largest absolute Gasteiger partial charge is 0.462 e. The first-order valence-corrected chi connectivity index (χ1v) is 19.4. The Morgan fingerprint density at radius 3 is 2.31 bits per heavy atom. The van der Waals surface area contributed by atoms with Crippen LogP contribution in [0.3, 0.4) is 0 Å². The fourth-order valence-electron chi connectivity index (χ4n) is 8.25. The second-order valence-electron chi connectivity index (χ2n) is 16.5. The van der Waals surface area contributed by atoms with Gasteiger partial charge >= 0.3 is 17.9 Å². The van der Waals surface area contributed by atoms with E-state index in [1.165, 1.54) is 6.08 Å². The van der Waals surface area contributed by atoms with Crippen molar-refractivity contribution < 1.29 is 58.1 Å². The summed E-state index contributed by atoms with van der Waals surface area (Å²) in [7, 11) is 0. The first-order chi connectivity index (χ1) is 25.3. The number of fused-ring (bicyclic) bond motifs is 2. The third-order valence-corrected chi connectivity index (χ3v) is 11.7. The second kappa shape index (κ2) is 16.5. The van der Waals surface area contributed by atoms with E-state index >= 15 is 0 Å². The summed E-state index contributed by atoms with van der Waals surface area (Å²) in [6.45, 7) is 18.0. The van der Waals surface area contributed by atoms with Crippen LogP contribution in [0.25, 0.3) is 0 Å². The highest BCUT2D eigenvalue weighted by Crippen LogP contribution is 2.48. The topological polar surface area (TPSA) is 167 Å². The van der Waals surface area contributed by atoms with Crippen molar-refractivity contribution in [1.29, 1.82) is 0 Å². The summed E-state index contributed by atoms with van der Waals surface area (Å²) in [6.07, 6.45) is 3.47. The lowest BCUT2D eigenvalue weighted by molar-refractivity contribution is -0.380. The van der Waals surface area contributed by atoms with Gasteiger partial charge < -0.3 is 43.7 Å². The third kappa shape index (κ3) is 8.06. The van der Waals surface area contributed by atoms with E-state index < -0.39 is 89.9 Å². The molecule has 3 fully saturated rings. The van der Waals surface area contributed by atoms with E-state index in [0.29, 0.717) is 11.1 Å². The van der Waals surface area contributed by atoms with Gasteiger partial charge in [-0.15, -0.1) is 0 Å². The molecule has 0 saturated carbocycles. The number of ether oxygens (including phenoxy) is 6. The number of hydrogen-bond acceptors (Lipinski definition) is 12. The Labute approximate surface area is 319 Å². The molecule has 0 aromatic carbocycles. The molecule has 3 N–H and O–H groups in total. The van der Waals surface area contributed by atoms with E-state index in [0.717, 1.165) is 11.1 Å². The number of hydrogen-bond donors (Lipinski definition) is 3. The molecule has 3 saturated heterocycles. The molecule has 4 heterocycles. The molecular weight excluding hydrogens is 696 g/mol. The van der Waals surface area contributed by atoms with E-state index in [-0.39, 0.29) is 43.7 Å². The van der Waals surface area contributed by atoms with Crippen LogP contribution in [0.1, 0.15) is 88.5 Å². The van der Waals surface area contributed by atoms with Crippen LogP contribution in [0.2, 0.25) is 0 Å². The molecule has 5 aliphatic rings. The van der Waals surface area contributed by atoms with Crippen molar-refractivity contribution in [3.05, 3.63) is 58.7 Å². The maximum atomic E-state index is 14.3. The summed E-state index contributed by atoms with van der Waals surface area (Å²) in [5, 5.41) is 35.6. The van der Waals surface area contributed by atoms with Crippen molar-refractivity contribution in [2.24, 2.45) is 29.6 Å². The van der Waals surface area contributed by atoms with Crippen LogP contribution in [0.4, 0.5) is 0 Å². The summed E-state index contributed by atoms with van der Waals surface area (Å²) in [5.41, 5.74) is 0.528. The number of rotatable bonds is 5. The van der Waals surface area contributed by atoms with Gasteiger partial charge in [0.25, 0.3) is 0 Å². The van der Waals surface area contributed by atoms with Crippen molar-refractivity contribution in [1.82, 2.24) is 0 Å². The predicted molar refractivity (Wildman–Crippen MR) is 198 cm³/mol. The van der Waals surface area contributed by atoms with Crippen LogP contribution in [-0.2, 0) is 42.8 Å². The van der Waals surface area contributed by atoms with Crippen molar-refractivity contribution in [3.63, 3.8) is 0 Å². The van der Waals surface area contributed by atoms with Gasteiger partial charge in [0, 0.05) is 24.7 Å². The van der Waals surface area contributed by atoms with Crippen LogP contribution >= 0.6 is 0 Å². The number of aliphatic hydroxyl groups excluding tert-OH is 2. The maximum Gasteiger partial charge on any atom is 0.316 e. The van der Waals surface area contributed by atoms with Gasteiger partial charge in [0.05, 0.1) is 30.7 Å². The van der Waals surface area contributed by atoms with Gasteiger partial charge in [0.15, 0.2) is 0 Å². The summed E-state index contributed by atoms with van der Waals surface area (Å²) >= 11 is 0. The minimum Gasteiger partial charge on any atom is -0.462 e. The highest BCUT2D eigenvalue weighted by Gasteiger charge is 2.62. The van der Waals surface area contributed by atoms with Crippen molar-refractivity contribution in [2.75, 3.05) is 6.61 Å². The van der Waals surface area contributed by atoms with Crippen molar-refractivity contribution in [2.45, 2.75) is 149 Å².